The van der Waals surface area contributed by atoms with Gasteiger partial charge in [-0.15, -0.1) is 0 Å². The maximum Gasteiger partial charge on any atom is 0.358 e. The lowest BCUT2D eigenvalue weighted by molar-refractivity contribution is 0.0594. The number of hydrogen-bond acceptors (Lipinski definition) is 6. The predicted octanol–water partition coefficient (Wildman–Crippen LogP) is 4.57. The average Bonchev–Trinajstić information content (AvgIpc) is 3.14. The number of allylic oxidation sites excluding steroid dienone is 2. The first-order valence-corrected chi connectivity index (χ1v) is 8.00. The molecule has 0 amide bonds. The summed E-state index contributed by atoms with van der Waals surface area (Å²) in [6, 6.07) is 3.61. The molecule has 2 heterocycles. The van der Waals surface area contributed by atoms with Gasteiger partial charge >= 0.3 is 5.97 Å². The number of carbonyl (C=O) groups is 1. The van der Waals surface area contributed by atoms with Gasteiger partial charge in [0.1, 0.15) is 16.6 Å². The number of nitrogens with one attached hydrogen (secondary N) is 1. The second-order valence-electron chi connectivity index (χ2n) is 4.45. The van der Waals surface area contributed by atoms with Crippen molar-refractivity contribution in [2.24, 2.45) is 0 Å². The number of hydrogen-bond donors (Lipinski definition) is 1. The molecule has 0 aliphatic heterocycles. The first-order chi connectivity index (χ1) is 11.6. The molecule has 2 aromatic heterocycles. The molecule has 0 spiro atoms. The number of carbonyl (C=O) groups excluding carboxylic acids is 1. The number of halogens is 1. The molecule has 0 aliphatic rings. The first-order valence-electron chi connectivity index (χ1n) is 7.62. The molecule has 0 radical (unpaired) electrons. The lowest BCUT2D eigenvalue weighted by atomic mass is 10.2. The van der Waals surface area contributed by atoms with Gasteiger partial charge in [-0.2, -0.15) is 0 Å². The van der Waals surface area contributed by atoms with E-state index in [9.17, 15) is 4.79 Å². The highest BCUT2D eigenvalue weighted by Crippen LogP contribution is 2.26. The molecule has 2 aromatic rings. The van der Waals surface area contributed by atoms with Gasteiger partial charge in [-0.25, -0.2) is 14.8 Å². The molecule has 0 bridgehead atoms. The molecule has 2 rings (SSSR count). The van der Waals surface area contributed by atoms with Crippen LogP contribution in [0.2, 0.25) is 5.02 Å². The summed E-state index contributed by atoms with van der Waals surface area (Å²) in [6.45, 7) is 8.10. The van der Waals surface area contributed by atoms with Crippen molar-refractivity contribution in [3.05, 3.63) is 46.8 Å². The smallest absolute Gasteiger partial charge is 0.358 e. The quantitative estimate of drug-likeness (QED) is 0.795. The van der Waals surface area contributed by atoms with E-state index >= 15 is 0 Å². The minimum Gasteiger partial charge on any atom is -0.467 e. The lowest BCUT2D eigenvalue weighted by Crippen LogP contribution is -2.12. The Hall–Kier alpha value is -2.34. The van der Waals surface area contributed by atoms with E-state index in [0.717, 1.165) is 11.3 Å². The SMILES string of the molecule is C/C=C(\C)c1nc(NCc2ccco2)c(Cl)c(C(=O)OC)n1.CC. The predicted molar refractivity (Wildman–Crippen MR) is 95.1 cm³/mol. The summed E-state index contributed by atoms with van der Waals surface area (Å²) in [5, 5.41) is 3.16. The van der Waals surface area contributed by atoms with E-state index in [2.05, 4.69) is 15.3 Å². The van der Waals surface area contributed by atoms with Gasteiger partial charge in [0.25, 0.3) is 0 Å². The fraction of sp³-hybridized carbons (Fsp3) is 0.353. The van der Waals surface area contributed by atoms with Crippen LogP contribution in [0.3, 0.4) is 0 Å². The molecule has 0 unspecified atom stereocenters. The first kappa shape index (κ1) is 19.7. The van der Waals surface area contributed by atoms with Crippen LogP contribution in [0.25, 0.3) is 5.57 Å². The van der Waals surface area contributed by atoms with Crippen molar-refractivity contribution < 1.29 is 13.9 Å². The summed E-state index contributed by atoms with van der Waals surface area (Å²) >= 11 is 6.20. The molecule has 0 saturated carbocycles. The van der Waals surface area contributed by atoms with E-state index in [1.165, 1.54) is 7.11 Å². The van der Waals surface area contributed by atoms with Crippen molar-refractivity contribution in [2.75, 3.05) is 12.4 Å². The van der Waals surface area contributed by atoms with Crippen LogP contribution in [-0.4, -0.2) is 23.0 Å². The van der Waals surface area contributed by atoms with Crippen molar-refractivity contribution in [1.29, 1.82) is 0 Å². The van der Waals surface area contributed by atoms with Crippen LogP contribution in [-0.2, 0) is 11.3 Å². The van der Waals surface area contributed by atoms with Crippen molar-refractivity contribution in [3.63, 3.8) is 0 Å². The largest absolute Gasteiger partial charge is 0.467 e. The Balaban J connectivity index is 0.00000139. The minimum atomic E-state index is -0.612. The molecule has 0 aromatic carbocycles. The van der Waals surface area contributed by atoms with Gasteiger partial charge in [0.05, 0.1) is 19.9 Å². The minimum absolute atomic E-state index is 0.0253. The fourth-order valence-corrected chi connectivity index (χ4v) is 1.91. The number of aromatic nitrogens is 2. The summed E-state index contributed by atoms with van der Waals surface area (Å²) in [7, 11) is 1.28. The Labute approximate surface area is 146 Å². The zero-order valence-electron chi connectivity index (χ0n) is 14.5. The van der Waals surface area contributed by atoms with Gasteiger partial charge in [0.2, 0.25) is 0 Å². The van der Waals surface area contributed by atoms with Crippen LogP contribution in [0.4, 0.5) is 5.82 Å². The molecule has 0 fully saturated rings. The molecule has 24 heavy (non-hydrogen) atoms. The Morgan fingerprint density at radius 1 is 1.42 bits per heavy atom. The summed E-state index contributed by atoms with van der Waals surface area (Å²) in [4.78, 5) is 20.3. The average molecular weight is 352 g/mol. The molecule has 1 N–H and O–H groups in total. The number of rotatable bonds is 5. The molecule has 0 atom stereocenters. The number of esters is 1. The van der Waals surface area contributed by atoms with Gasteiger partial charge < -0.3 is 14.5 Å². The van der Waals surface area contributed by atoms with E-state index in [-0.39, 0.29) is 10.7 Å². The van der Waals surface area contributed by atoms with Gasteiger partial charge in [-0.1, -0.05) is 31.5 Å². The van der Waals surface area contributed by atoms with E-state index < -0.39 is 5.97 Å². The van der Waals surface area contributed by atoms with Crippen LogP contribution in [0.5, 0.6) is 0 Å². The molecule has 0 saturated heterocycles. The summed E-state index contributed by atoms with van der Waals surface area (Å²) in [5.41, 5.74) is 0.847. The molecule has 0 aliphatic carbocycles. The normalized spacial score (nSPS) is 10.7. The summed E-state index contributed by atoms with van der Waals surface area (Å²) in [6.07, 6.45) is 3.43. The number of methoxy groups -OCH3 is 1. The zero-order valence-corrected chi connectivity index (χ0v) is 15.3. The van der Waals surface area contributed by atoms with Crippen molar-refractivity contribution in [1.82, 2.24) is 9.97 Å². The lowest BCUT2D eigenvalue weighted by Gasteiger charge is -2.11. The van der Waals surface area contributed by atoms with Crippen molar-refractivity contribution in [3.8, 4) is 0 Å². The van der Waals surface area contributed by atoms with Crippen LogP contribution in [0.1, 0.15) is 49.8 Å². The third-order valence-corrected chi connectivity index (χ3v) is 3.38. The van der Waals surface area contributed by atoms with Crippen LogP contribution in [0.15, 0.2) is 28.9 Å². The van der Waals surface area contributed by atoms with Gasteiger partial charge in [-0.3, -0.25) is 0 Å². The Morgan fingerprint density at radius 2 is 2.12 bits per heavy atom. The fourth-order valence-electron chi connectivity index (χ4n) is 1.69. The van der Waals surface area contributed by atoms with Crippen LogP contribution >= 0.6 is 11.6 Å². The van der Waals surface area contributed by atoms with Crippen molar-refractivity contribution in [2.45, 2.75) is 34.2 Å². The highest BCUT2D eigenvalue weighted by molar-refractivity contribution is 6.35. The standard InChI is InChI=1S/C15H16ClN3O3.C2H6/c1-4-9(2)13-18-12(15(20)21-3)11(16)14(19-13)17-8-10-6-5-7-22-10;1-2/h4-7H,8H2,1-3H3,(H,17,18,19);1-2H3/b9-4+;. The highest BCUT2D eigenvalue weighted by Gasteiger charge is 2.20. The van der Waals surface area contributed by atoms with E-state index in [0.29, 0.717) is 18.2 Å². The monoisotopic (exact) mass is 351 g/mol. The highest BCUT2D eigenvalue weighted by atomic mass is 35.5. The molecule has 130 valence electrons. The van der Waals surface area contributed by atoms with E-state index in [1.54, 1.807) is 12.3 Å². The Bertz CT molecular complexity index is 697. The third kappa shape index (κ3) is 4.83. The van der Waals surface area contributed by atoms with Crippen LogP contribution in [0, 0.1) is 0 Å². The molecule has 6 nitrogen and oxygen atoms in total. The second-order valence-corrected chi connectivity index (χ2v) is 4.83. The third-order valence-electron chi connectivity index (χ3n) is 3.03. The Morgan fingerprint density at radius 3 is 2.67 bits per heavy atom. The van der Waals surface area contributed by atoms with Gasteiger partial charge in [-0.05, 0) is 31.6 Å². The Kier molecular flexibility index (Phi) is 7.98. The van der Waals surface area contributed by atoms with Gasteiger partial charge in [0.15, 0.2) is 11.5 Å². The van der Waals surface area contributed by atoms with E-state index in [1.807, 2.05) is 39.8 Å². The number of anilines is 1. The second kappa shape index (κ2) is 9.72. The summed E-state index contributed by atoms with van der Waals surface area (Å²) < 4.78 is 9.95. The number of furan rings is 1. The maximum absolute atomic E-state index is 11.8. The van der Waals surface area contributed by atoms with Gasteiger partial charge in [0, 0.05) is 0 Å². The number of nitrogens with zero attached hydrogens (tertiary/aromatic N) is 2. The summed E-state index contributed by atoms with van der Waals surface area (Å²) in [5.74, 6) is 0.871. The van der Waals surface area contributed by atoms with Crippen molar-refractivity contribution >= 4 is 29.0 Å². The zero-order chi connectivity index (χ0) is 18.1. The van der Waals surface area contributed by atoms with E-state index in [4.69, 9.17) is 20.8 Å². The molecular formula is C17H22ClN3O3. The number of ether oxygens (including phenoxy) is 1. The molecular weight excluding hydrogens is 330 g/mol. The van der Waals surface area contributed by atoms with Crippen LogP contribution < -0.4 is 5.32 Å². The topological polar surface area (TPSA) is 77.2 Å². The maximum atomic E-state index is 11.8. The molecule has 7 heteroatoms.